The second-order valence-corrected chi connectivity index (χ2v) is 4.51. The Balaban J connectivity index is 2.24. The van der Waals surface area contributed by atoms with Crippen LogP contribution in [0.1, 0.15) is 11.1 Å². The molecule has 1 aromatic rings. The predicted octanol–water partition coefficient (Wildman–Crippen LogP) is 3.03. The molecular weight excluding hydrogens is 271 g/mol. The van der Waals surface area contributed by atoms with E-state index in [1.807, 2.05) is 6.07 Å². The Kier molecular flexibility index (Phi) is 2.77. The van der Waals surface area contributed by atoms with Crippen LogP contribution in [-0.4, -0.2) is 12.2 Å². The van der Waals surface area contributed by atoms with Crippen molar-refractivity contribution in [2.75, 3.05) is 0 Å². The summed E-state index contributed by atoms with van der Waals surface area (Å²) in [5.74, 6) is 0. The maximum atomic E-state index is 12.4. The van der Waals surface area contributed by atoms with Crippen LogP contribution >= 0.6 is 15.9 Å². The fourth-order valence-electron chi connectivity index (χ4n) is 1.71. The van der Waals surface area contributed by atoms with Crippen LogP contribution in [0.4, 0.5) is 13.2 Å². The van der Waals surface area contributed by atoms with Crippen molar-refractivity contribution in [3.05, 3.63) is 33.8 Å². The molecule has 5 heteroatoms. The van der Waals surface area contributed by atoms with Gasteiger partial charge in [-0.1, -0.05) is 22.0 Å². The minimum Gasteiger partial charge on any atom is -0.302 e. The Morgan fingerprint density at radius 3 is 2.67 bits per heavy atom. The zero-order valence-corrected chi connectivity index (χ0v) is 9.32. The molecule has 0 radical (unpaired) electrons. The first-order valence-corrected chi connectivity index (χ1v) is 5.33. The van der Waals surface area contributed by atoms with E-state index >= 15 is 0 Å². The lowest BCUT2D eigenvalue weighted by atomic mass is 9.96. The third-order valence-electron chi connectivity index (χ3n) is 2.53. The summed E-state index contributed by atoms with van der Waals surface area (Å²) in [4.78, 5) is 0. The molecule has 0 aromatic heterocycles. The number of alkyl halides is 3. The van der Waals surface area contributed by atoms with Crippen LogP contribution in [0.15, 0.2) is 22.7 Å². The molecule has 2 rings (SSSR count). The van der Waals surface area contributed by atoms with Crippen LogP contribution in [0.3, 0.4) is 0 Å². The quantitative estimate of drug-likeness (QED) is 0.770. The summed E-state index contributed by atoms with van der Waals surface area (Å²) in [7, 11) is 0. The molecule has 82 valence electrons. The lowest BCUT2D eigenvalue weighted by Crippen LogP contribution is -2.46. The number of hydrogen-bond donors (Lipinski definition) is 1. The van der Waals surface area contributed by atoms with Gasteiger partial charge in [-0.05, 0) is 29.7 Å². The Morgan fingerprint density at radius 1 is 1.27 bits per heavy atom. The van der Waals surface area contributed by atoms with E-state index in [-0.39, 0.29) is 13.0 Å². The van der Waals surface area contributed by atoms with Crippen molar-refractivity contribution < 1.29 is 13.2 Å². The Bertz CT molecular complexity index is 375. The number of fused-ring (bicyclic) bond motifs is 1. The fraction of sp³-hybridized carbons (Fsp3) is 0.400. The maximum Gasteiger partial charge on any atom is 0.404 e. The molecule has 1 nitrogen and oxygen atoms in total. The summed E-state index contributed by atoms with van der Waals surface area (Å²) < 4.78 is 38.2. The molecule has 1 heterocycles. The zero-order valence-electron chi connectivity index (χ0n) is 7.74. The second kappa shape index (κ2) is 3.79. The van der Waals surface area contributed by atoms with Gasteiger partial charge in [0.15, 0.2) is 0 Å². The summed E-state index contributed by atoms with van der Waals surface area (Å²) in [6.45, 7) is 0.277. The minimum atomic E-state index is -4.16. The van der Waals surface area contributed by atoms with Crippen molar-refractivity contribution in [3.8, 4) is 0 Å². The summed E-state index contributed by atoms with van der Waals surface area (Å²) in [6.07, 6.45) is -4.14. The molecule has 1 atom stereocenters. The third-order valence-corrected chi connectivity index (χ3v) is 3.02. The van der Waals surface area contributed by atoms with Gasteiger partial charge in [-0.15, -0.1) is 0 Å². The highest BCUT2D eigenvalue weighted by atomic mass is 79.9. The van der Waals surface area contributed by atoms with E-state index in [1.165, 1.54) is 0 Å². The Labute approximate surface area is 93.8 Å². The first kappa shape index (κ1) is 11.0. The van der Waals surface area contributed by atoms with Gasteiger partial charge in [0, 0.05) is 11.0 Å². The van der Waals surface area contributed by atoms with E-state index in [0.29, 0.717) is 0 Å². The van der Waals surface area contributed by atoms with Gasteiger partial charge in [0.05, 0.1) is 0 Å². The highest BCUT2D eigenvalue weighted by Crippen LogP contribution is 2.29. The molecule has 15 heavy (non-hydrogen) atoms. The van der Waals surface area contributed by atoms with E-state index < -0.39 is 12.2 Å². The first-order chi connectivity index (χ1) is 6.97. The molecule has 0 bridgehead atoms. The van der Waals surface area contributed by atoms with Crippen LogP contribution in [0.25, 0.3) is 0 Å². The van der Waals surface area contributed by atoms with E-state index in [4.69, 9.17) is 0 Å². The van der Waals surface area contributed by atoms with E-state index in [2.05, 4.69) is 21.2 Å². The van der Waals surface area contributed by atoms with Crippen molar-refractivity contribution in [2.45, 2.75) is 25.2 Å². The number of nitrogens with one attached hydrogen (secondary N) is 1. The molecule has 1 N–H and O–H groups in total. The molecule has 1 aliphatic rings. The molecule has 0 saturated carbocycles. The maximum absolute atomic E-state index is 12.4. The summed E-state index contributed by atoms with van der Waals surface area (Å²) in [6, 6.07) is 3.97. The molecule has 0 unspecified atom stereocenters. The lowest BCUT2D eigenvalue weighted by molar-refractivity contribution is -0.157. The van der Waals surface area contributed by atoms with Gasteiger partial charge >= 0.3 is 6.18 Å². The van der Waals surface area contributed by atoms with Gasteiger partial charge in [0.2, 0.25) is 0 Å². The molecule has 0 aliphatic carbocycles. The average molecular weight is 280 g/mol. The molecule has 0 spiro atoms. The second-order valence-electron chi connectivity index (χ2n) is 3.59. The van der Waals surface area contributed by atoms with Gasteiger partial charge in [-0.25, -0.2) is 0 Å². The molecule has 1 aromatic carbocycles. The summed E-state index contributed by atoms with van der Waals surface area (Å²) in [5.41, 5.74) is 1.71. The SMILES string of the molecule is FC(F)(F)[C@H]1Cc2ccc(Br)cc2CN1. The van der Waals surface area contributed by atoms with E-state index in [1.54, 1.807) is 12.1 Å². The fourth-order valence-corrected chi connectivity index (χ4v) is 2.12. The van der Waals surface area contributed by atoms with Crippen LogP contribution in [-0.2, 0) is 13.0 Å². The van der Waals surface area contributed by atoms with Crippen LogP contribution in [0.2, 0.25) is 0 Å². The standard InChI is InChI=1S/C10H9BrF3N/c11-8-2-1-6-4-9(10(12,13)14)15-5-7(6)3-8/h1-3,9,15H,4-5H2/t9-/m1/s1. The highest BCUT2D eigenvalue weighted by Gasteiger charge is 2.41. The summed E-state index contributed by atoms with van der Waals surface area (Å²) >= 11 is 3.29. The first-order valence-electron chi connectivity index (χ1n) is 4.54. The average Bonchev–Trinajstić information content (AvgIpc) is 2.15. The van der Waals surface area contributed by atoms with E-state index in [0.717, 1.165) is 15.6 Å². The topological polar surface area (TPSA) is 12.0 Å². The third kappa shape index (κ3) is 2.34. The normalized spacial score (nSPS) is 21.2. The monoisotopic (exact) mass is 279 g/mol. The molecular formula is C10H9BrF3N. The molecule has 0 saturated heterocycles. The van der Waals surface area contributed by atoms with Crippen molar-refractivity contribution in [1.82, 2.24) is 5.32 Å². The van der Waals surface area contributed by atoms with Crippen LogP contribution in [0, 0.1) is 0 Å². The predicted molar refractivity (Wildman–Crippen MR) is 54.5 cm³/mol. The van der Waals surface area contributed by atoms with E-state index in [9.17, 15) is 13.2 Å². The largest absolute Gasteiger partial charge is 0.404 e. The smallest absolute Gasteiger partial charge is 0.302 e. The van der Waals surface area contributed by atoms with Crippen molar-refractivity contribution >= 4 is 15.9 Å². The van der Waals surface area contributed by atoms with Gasteiger partial charge < -0.3 is 5.32 Å². The summed E-state index contributed by atoms with van der Waals surface area (Å²) in [5, 5.41) is 2.50. The van der Waals surface area contributed by atoms with Crippen molar-refractivity contribution in [3.63, 3.8) is 0 Å². The zero-order chi connectivity index (χ0) is 11.1. The van der Waals surface area contributed by atoms with Gasteiger partial charge in [0.25, 0.3) is 0 Å². The van der Waals surface area contributed by atoms with Gasteiger partial charge in [-0.2, -0.15) is 13.2 Å². The van der Waals surface area contributed by atoms with Gasteiger partial charge in [-0.3, -0.25) is 0 Å². The van der Waals surface area contributed by atoms with Crippen molar-refractivity contribution in [2.24, 2.45) is 0 Å². The van der Waals surface area contributed by atoms with Crippen LogP contribution < -0.4 is 5.32 Å². The van der Waals surface area contributed by atoms with Gasteiger partial charge in [0.1, 0.15) is 6.04 Å². The number of hydrogen-bond acceptors (Lipinski definition) is 1. The number of rotatable bonds is 0. The highest BCUT2D eigenvalue weighted by molar-refractivity contribution is 9.10. The number of benzene rings is 1. The van der Waals surface area contributed by atoms with Crippen LogP contribution in [0.5, 0.6) is 0 Å². The Morgan fingerprint density at radius 2 is 2.00 bits per heavy atom. The Hall–Kier alpha value is -0.550. The van der Waals surface area contributed by atoms with Crippen molar-refractivity contribution in [1.29, 1.82) is 0 Å². The minimum absolute atomic E-state index is 0.0200. The molecule has 0 fully saturated rings. The lowest BCUT2D eigenvalue weighted by Gasteiger charge is -2.27. The molecule has 1 aliphatic heterocycles. The molecule has 0 amide bonds. The number of halogens is 4.